The molecule has 0 aliphatic heterocycles. The number of nitrogens with zero attached hydrogens (tertiary/aromatic N) is 1. The molecule has 2 rings (SSSR count). The molecule has 0 unspecified atom stereocenters. The van der Waals surface area contributed by atoms with Crippen LogP contribution >= 0.6 is 0 Å². The van der Waals surface area contributed by atoms with Crippen LogP contribution in [0.15, 0.2) is 18.3 Å². The zero-order valence-electron chi connectivity index (χ0n) is 13.0. The molecule has 2 nitrogen and oxygen atoms in total. The third-order valence-corrected chi connectivity index (χ3v) is 4.39. The van der Waals surface area contributed by atoms with E-state index in [2.05, 4.69) is 43.7 Å². The van der Waals surface area contributed by atoms with E-state index in [-0.39, 0.29) is 16.9 Å². The number of aromatic nitrogens is 1. The Morgan fingerprint density at radius 1 is 1.26 bits per heavy atom. The van der Waals surface area contributed by atoms with Crippen LogP contribution in [0.2, 0.25) is 0 Å². The van der Waals surface area contributed by atoms with Crippen LogP contribution in [0.4, 0.5) is 0 Å². The van der Waals surface area contributed by atoms with Crippen LogP contribution in [0.1, 0.15) is 66.0 Å². The van der Waals surface area contributed by atoms with Gasteiger partial charge < -0.3 is 4.57 Å². The van der Waals surface area contributed by atoms with Crippen molar-refractivity contribution in [2.45, 2.75) is 71.3 Å². The van der Waals surface area contributed by atoms with Crippen molar-refractivity contribution >= 4 is 5.78 Å². The largest absolute Gasteiger partial charge is 0.338 e. The fourth-order valence-corrected chi connectivity index (χ4v) is 3.47. The summed E-state index contributed by atoms with van der Waals surface area (Å²) < 4.78 is 2.29. The normalized spacial score (nSPS) is 19.1. The fourth-order valence-electron chi connectivity index (χ4n) is 3.47. The lowest BCUT2D eigenvalue weighted by molar-refractivity contribution is -0.130. The summed E-state index contributed by atoms with van der Waals surface area (Å²) in [5.74, 6) is 0.514. The van der Waals surface area contributed by atoms with Gasteiger partial charge in [0, 0.05) is 23.2 Å². The summed E-state index contributed by atoms with van der Waals surface area (Å²) in [5.41, 5.74) is 1.08. The van der Waals surface area contributed by atoms with Crippen LogP contribution < -0.4 is 0 Å². The van der Waals surface area contributed by atoms with E-state index in [9.17, 15) is 4.79 Å². The molecule has 0 N–H and O–H groups in total. The van der Waals surface area contributed by atoms with Crippen molar-refractivity contribution < 1.29 is 4.79 Å². The molecule has 19 heavy (non-hydrogen) atoms. The Balaban J connectivity index is 2.52. The molecule has 2 heteroatoms. The van der Waals surface area contributed by atoms with Crippen molar-refractivity contribution in [3.63, 3.8) is 0 Å². The summed E-state index contributed by atoms with van der Waals surface area (Å²) in [6, 6.07) is 4.27. The molecule has 0 amide bonds. The van der Waals surface area contributed by atoms with Crippen molar-refractivity contribution in [1.82, 2.24) is 4.57 Å². The van der Waals surface area contributed by atoms with E-state index in [4.69, 9.17) is 0 Å². The predicted molar refractivity (Wildman–Crippen MR) is 79.4 cm³/mol. The Labute approximate surface area is 117 Å². The molecule has 1 fully saturated rings. The van der Waals surface area contributed by atoms with Crippen LogP contribution in [-0.4, -0.2) is 10.4 Å². The van der Waals surface area contributed by atoms with E-state index >= 15 is 0 Å². The highest BCUT2D eigenvalue weighted by Gasteiger charge is 2.44. The average molecular weight is 261 g/mol. The lowest BCUT2D eigenvalue weighted by Crippen LogP contribution is -2.43. The zero-order valence-corrected chi connectivity index (χ0v) is 13.0. The molecule has 0 atom stereocenters. The number of hydrogen-bond donors (Lipinski definition) is 0. The van der Waals surface area contributed by atoms with Crippen molar-refractivity contribution in [3.05, 3.63) is 24.0 Å². The van der Waals surface area contributed by atoms with Crippen LogP contribution in [0.25, 0.3) is 0 Å². The molecule has 0 saturated heterocycles. The Hall–Kier alpha value is -1.05. The zero-order chi connectivity index (χ0) is 14.3. The highest BCUT2D eigenvalue weighted by atomic mass is 16.1. The fraction of sp³-hybridized carbons (Fsp3) is 0.706. The van der Waals surface area contributed by atoms with E-state index < -0.39 is 0 Å². The van der Waals surface area contributed by atoms with Crippen LogP contribution in [0, 0.1) is 5.92 Å². The van der Waals surface area contributed by atoms with Crippen molar-refractivity contribution in [2.24, 2.45) is 5.92 Å². The van der Waals surface area contributed by atoms with Gasteiger partial charge in [-0.25, -0.2) is 0 Å². The van der Waals surface area contributed by atoms with Gasteiger partial charge in [0.05, 0.1) is 0 Å². The molecule has 1 saturated carbocycles. The lowest BCUT2D eigenvalue weighted by atomic mass is 9.83. The first-order chi connectivity index (χ1) is 8.79. The van der Waals surface area contributed by atoms with Gasteiger partial charge in [-0.3, -0.25) is 4.79 Å². The monoisotopic (exact) mass is 261 g/mol. The van der Waals surface area contributed by atoms with Gasteiger partial charge in [0.1, 0.15) is 5.54 Å². The Morgan fingerprint density at radius 3 is 2.32 bits per heavy atom. The smallest absolute Gasteiger partial charge is 0.161 e. The summed E-state index contributed by atoms with van der Waals surface area (Å²) in [6.45, 7) is 10.7. The quantitative estimate of drug-likeness (QED) is 0.796. The van der Waals surface area contributed by atoms with Crippen LogP contribution in [0.5, 0.6) is 0 Å². The van der Waals surface area contributed by atoms with Crippen molar-refractivity contribution in [1.29, 1.82) is 0 Å². The Bertz CT molecular complexity index is 456. The molecule has 1 aliphatic rings. The maximum absolute atomic E-state index is 12.8. The molecule has 1 aromatic rings. The molecular formula is C17H27NO. The van der Waals surface area contributed by atoms with Crippen LogP contribution in [-0.2, 0) is 15.7 Å². The summed E-state index contributed by atoms with van der Waals surface area (Å²) in [7, 11) is 0. The third-order valence-electron chi connectivity index (χ3n) is 4.39. The topological polar surface area (TPSA) is 22.0 Å². The summed E-state index contributed by atoms with van der Waals surface area (Å²) in [6.07, 6.45) is 6.45. The van der Waals surface area contributed by atoms with Gasteiger partial charge in [-0.2, -0.15) is 0 Å². The summed E-state index contributed by atoms with van der Waals surface area (Å²) >= 11 is 0. The second kappa shape index (κ2) is 4.81. The molecule has 1 aliphatic carbocycles. The number of carbonyl (C=O) groups is 1. The SMILES string of the molecule is CC(C)C(=O)C1(n2cccc2C(C)(C)C)CCCC1. The maximum Gasteiger partial charge on any atom is 0.161 e. The van der Waals surface area contributed by atoms with Gasteiger partial charge in [0.2, 0.25) is 0 Å². The first-order valence-electron chi connectivity index (χ1n) is 7.52. The molecular weight excluding hydrogens is 234 g/mol. The van der Waals surface area contributed by atoms with E-state index in [1.54, 1.807) is 0 Å². The van der Waals surface area contributed by atoms with Gasteiger partial charge in [-0.15, -0.1) is 0 Å². The highest BCUT2D eigenvalue weighted by Crippen LogP contribution is 2.42. The van der Waals surface area contributed by atoms with Gasteiger partial charge >= 0.3 is 0 Å². The molecule has 0 spiro atoms. The van der Waals surface area contributed by atoms with E-state index in [1.165, 1.54) is 18.5 Å². The molecule has 0 bridgehead atoms. The van der Waals surface area contributed by atoms with Crippen LogP contribution in [0.3, 0.4) is 0 Å². The van der Waals surface area contributed by atoms with Crippen molar-refractivity contribution in [3.8, 4) is 0 Å². The number of carbonyl (C=O) groups excluding carboxylic acids is 1. The lowest BCUT2D eigenvalue weighted by Gasteiger charge is -2.36. The number of Topliss-reactive ketones (excluding diaryl/α,β-unsaturated/α-hetero) is 1. The minimum absolute atomic E-state index is 0.0797. The maximum atomic E-state index is 12.8. The standard InChI is InChI=1S/C17H27NO/c1-13(2)15(19)17(10-6-7-11-17)18-12-8-9-14(18)16(3,4)5/h8-9,12-13H,6-7,10-11H2,1-5H3. The first-order valence-corrected chi connectivity index (χ1v) is 7.52. The minimum atomic E-state index is -0.277. The van der Waals surface area contributed by atoms with E-state index in [1.807, 2.05) is 13.8 Å². The van der Waals surface area contributed by atoms with E-state index in [0.717, 1.165) is 12.8 Å². The molecule has 0 radical (unpaired) electrons. The predicted octanol–water partition coefficient (Wildman–Crippen LogP) is 4.28. The van der Waals surface area contributed by atoms with Gasteiger partial charge in [0.25, 0.3) is 0 Å². The van der Waals surface area contributed by atoms with Gasteiger partial charge in [-0.05, 0) is 25.0 Å². The molecule has 1 aromatic heterocycles. The van der Waals surface area contributed by atoms with Gasteiger partial charge in [-0.1, -0.05) is 47.5 Å². The summed E-state index contributed by atoms with van der Waals surface area (Å²) in [5, 5.41) is 0. The number of hydrogen-bond acceptors (Lipinski definition) is 1. The highest BCUT2D eigenvalue weighted by molar-refractivity contribution is 5.88. The van der Waals surface area contributed by atoms with E-state index in [0.29, 0.717) is 5.78 Å². The van der Waals surface area contributed by atoms with Gasteiger partial charge in [0.15, 0.2) is 5.78 Å². The third kappa shape index (κ3) is 2.37. The first kappa shape index (κ1) is 14.4. The van der Waals surface area contributed by atoms with Crippen molar-refractivity contribution in [2.75, 3.05) is 0 Å². The summed E-state index contributed by atoms with van der Waals surface area (Å²) in [4.78, 5) is 12.8. The second-order valence-electron chi connectivity index (χ2n) is 7.27. The number of ketones is 1. The molecule has 1 heterocycles. The Morgan fingerprint density at radius 2 is 1.84 bits per heavy atom. The molecule has 106 valence electrons. The number of rotatable bonds is 3. The minimum Gasteiger partial charge on any atom is -0.338 e. The Kier molecular flexibility index (Phi) is 3.63. The second-order valence-corrected chi connectivity index (χ2v) is 7.27. The average Bonchev–Trinajstić information content (AvgIpc) is 2.96. The molecule has 0 aromatic carbocycles.